The van der Waals surface area contributed by atoms with Gasteiger partial charge in [0.05, 0.1) is 17.6 Å². The van der Waals surface area contributed by atoms with Gasteiger partial charge in [0.1, 0.15) is 0 Å². The molecule has 0 saturated heterocycles. The average Bonchev–Trinajstić information content (AvgIpc) is 2.54. The van der Waals surface area contributed by atoms with Crippen LogP contribution >= 0.6 is 0 Å². The molecule has 2 heteroatoms. The van der Waals surface area contributed by atoms with Crippen molar-refractivity contribution < 1.29 is 5.11 Å². The molecule has 2 unspecified atom stereocenters. The molecule has 1 N–H and O–H groups in total. The molecule has 1 aliphatic carbocycles. The number of hydrogen-bond donors (Lipinski definition) is 1. The van der Waals surface area contributed by atoms with E-state index in [2.05, 4.69) is 18.2 Å². The molecule has 0 heterocycles. The molecule has 21 heavy (non-hydrogen) atoms. The first kappa shape index (κ1) is 13.9. The Morgan fingerprint density at radius 2 is 1.76 bits per heavy atom. The lowest BCUT2D eigenvalue weighted by molar-refractivity contribution is 0.0526. The molecular weight excluding hydrogens is 258 g/mol. The molecular formula is C19H19NO. The molecule has 0 aromatic heterocycles. The Balaban J connectivity index is 1.95. The van der Waals surface area contributed by atoms with Gasteiger partial charge in [-0.25, -0.2) is 0 Å². The summed E-state index contributed by atoms with van der Waals surface area (Å²) < 4.78 is 0. The fraction of sp³-hybridized carbons (Fsp3) is 0.316. The van der Waals surface area contributed by atoms with E-state index >= 15 is 0 Å². The highest BCUT2D eigenvalue weighted by Crippen LogP contribution is 2.44. The summed E-state index contributed by atoms with van der Waals surface area (Å²) in [4.78, 5) is 0. The Hall–Kier alpha value is -2.11. The molecule has 1 aliphatic rings. The summed E-state index contributed by atoms with van der Waals surface area (Å²) in [6.07, 6.45) is 1.44. The molecule has 2 nitrogen and oxygen atoms in total. The largest absolute Gasteiger partial charge is 0.387 e. The van der Waals surface area contributed by atoms with E-state index in [0.29, 0.717) is 12.8 Å². The smallest absolute Gasteiger partial charge is 0.0979 e. The first-order valence-corrected chi connectivity index (χ1v) is 7.37. The van der Waals surface area contributed by atoms with Crippen molar-refractivity contribution >= 4 is 0 Å². The maximum absolute atomic E-state index is 10.8. The summed E-state index contributed by atoms with van der Waals surface area (Å²) >= 11 is 0. The van der Waals surface area contributed by atoms with Crippen molar-refractivity contribution in [3.63, 3.8) is 0 Å². The zero-order valence-corrected chi connectivity index (χ0v) is 12.2. The van der Waals surface area contributed by atoms with Crippen molar-refractivity contribution in [1.29, 1.82) is 5.26 Å². The van der Waals surface area contributed by atoms with Gasteiger partial charge in [0, 0.05) is 0 Å². The minimum absolute atomic E-state index is 0.620. The zero-order valence-electron chi connectivity index (χ0n) is 12.2. The van der Waals surface area contributed by atoms with Gasteiger partial charge in [-0.2, -0.15) is 5.26 Å². The van der Waals surface area contributed by atoms with Crippen LogP contribution in [-0.4, -0.2) is 5.11 Å². The lowest BCUT2D eigenvalue weighted by atomic mass is 9.67. The molecule has 0 saturated carbocycles. The summed E-state index contributed by atoms with van der Waals surface area (Å²) in [6.45, 7) is 2.02. The van der Waals surface area contributed by atoms with Crippen molar-refractivity contribution in [2.24, 2.45) is 5.41 Å². The molecule has 0 aliphatic heterocycles. The fourth-order valence-electron chi connectivity index (χ4n) is 3.22. The van der Waals surface area contributed by atoms with Crippen LogP contribution in [-0.2, 0) is 12.8 Å². The van der Waals surface area contributed by atoms with Crippen LogP contribution < -0.4 is 0 Å². The highest BCUT2D eigenvalue weighted by atomic mass is 16.3. The number of nitriles is 1. The van der Waals surface area contributed by atoms with Crippen LogP contribution in [0.2, 0.25) is 0 Å². The minimum Gasteiger partial charge on any atom is -0.387 e. The maximum Gasteiger partial charge on any atom is 0.0979 e. The fourth-order valence-corrected chi connectivity index (χ4v) is 3.22. The van der Waals surface area contributed by atoms with E-state index < -0.39 is 11.5 Å². The standard InChI is InChI=1S/C19H19NO/c1-14-6-8-16(9-7-14)18(21)19(13-20)11-10-15-4-2-3-5-17(15)12-19/h2-9,18,21H,10-12H2,1H3. The normalized spacial score (nSPS) is 22.1. The van der Waals surface area contributed by atoms with E-state index in [4.69, 9.17) is 0 Å². The topological polar surface area (TPSA) is 44.0 Å². The van der Waals surface area contributed by atoms with E-state index in [0.717, 1.165) is 17.5 Å². The molecule has 0 radical (unpaired) electrons. The van der Waals surface area contributed by atoms with Gasteiger partial charge in [0.2, 0.25) is 0 Å². The molecule has 0 amide bonds. The molecule has 2 atom stereocenters. The number of rotatable bonds is 2. The van der Waals surface area contributed by atoms with Gasteiger partial charge in [-0.15, -0.1) is 0 Å². The summed E-state index contributed by atoms with van der Waals surface area (Å²) in [7, 11) is 0. The molecule has 2 aromatic carbocycles. The zero-order chi connectivity index (χ0) is 14.9. The lowest BCUT2D eigenvalue weighted by Crippen LogP contribution is -2.34. The highest BCUT2D eigenvalue weighted by Gasteiger charge is 2.41. The third kappa shape index (κ3) is 2.46. The van der Waals surface area contributed by atoms with Crippen molar-refractivity contribution in [2.75, 3.05) is 0 Å². The molecule has 0 spiro atoms. The Morgan fingerprint density at radius 1 is 1.10 bits per heavy atom. The van der Waals surface area contributed by atoms with Crippen LogP contribution in [0.4, 0.5) is 0 Å². The van der Waals surface area contributed by atoms with Gasteiger partial charge in [-0.3, -0.25) is 0 Å². The van der Waals surface area contributed by atoms with E-state index in [9.17, 15) is 10.4 Å². The van der Waals surface area contributed by atoms with Crippen molar-refractivity contribution in [3.05, 3.63) is 70.8 Å². The van der Waals surface area contributed by atoms with Gasteiger partial charge in [0.25, 0.3) is 0 Å². The van der Waals surface area contributed by atoms with Gasteiger partial charge in [-0.05, 0) is 42.9 Å². The summed E-state index contributed by atoms with van der Waals surface area (Å²) in [5.74, 6) is 0. The second kappa shape index (κ2) is 5.35. The second-order valence-electron chi connectivity index (χ2n) is 6.03. The van der Waals surface area contributed by atoms with Crippen molar-refractivity contribution in [3.8, 4) is 6.07 Å². The third-order valence-corrected chi connectivity index (χ3v) is 4.60. The van der Waals surface area contributed by atoms with E-state index in [1.54, 1.807) is 0 Å². The number of nitrogens with zero attached hydrogens (tertiary/aromatic N) is 1. The summed E-state index contributed by atoms with van der Waals surface area (Å²) in [5.41, 5.74) is 3.77. The van der Waals surface area contributed by atoms with Crippen LogP contribution in [0.25, 0.3) is 0 Å². The number of benzene rings is 2. The van der Waals surface area contributed by atoms with Crippen LogP contribution in [0.3, 0.4) is 0 Å². The number of aliphatic hydroxyl groups excluding tert-OH is 1. The molecule has 2 aromatic rings. The summed E-state index contributed by atoms with van der Waals surface area (Å²) in [6, 6.07) is 18.5. The Labute approximate surface area is 125 Å². The van der Waals surface area contributed by atoms with Crippen molar-refractivity contribution in [1.82, 2.24) is 0 Å². The van der Waals surface area contributed by atoms with Crippen molar-refractivity contribution in [2.45, 2.75) is 32.3 Å². The molecule has 0 bridgehead atoms. The van der Waals surface area contributed by atoms with E-state index in [1.807, 2.05) is 43.3 Å². The number of fused-ring (bicyclic) bond motifs is 1. The minimum atomic E-state index is -0.739. The van der Waals surface area contributed by atoms with Crippen LogP contribution in [0.5, 0.6) is 0 Å². The molecule has 3 rings (SSSR count). The predicted octanol–water partition coefficient (Wildman–Crippen LogP) is 3.73. The SMILES string of the molecule is Cc1ccc(C(O)C2(C#N)CCc3ccccc3C2)cc1. The molecule has 106 valence electrons. The number of aryl methyl sites for hydroxylation is 2. The first-order valence-electron chi connectivity index (χ1n) is 7.37. The maximum atomic E-state index is 10.8. The highest BCUT2D eigenvalue weighted by molar-refractivity contribution is 5.35. The first-order chi connectivity index (χ1) is 10.1. The van der Waals surface area contributed by atoms with Gasteiger partial charge in [0.15, 0.2) is 0 Å². The van der Waals surface area contributed by atoms with E-state index in [1.165, 1.54) is 11.1 Å². The van der Waals surface area contributed by atoms with Crippen LogP contribution in [0.1, 0.15) is 34.8 Å². The molecule has 0 fully saturated rings. The Bertz CT molecular complexity index is 683. The number of hydrogen-bond acceptors (Lipinski definition) is 2. The number of aliphatic hydroxyl groups is 1. The third-order valence-electron chi connectivity index (χ3n) is 4.60. The van der Waals surface area contributed by atoms with Gasteiger partial charge >= 0.3 is 0 Å². The predicted molar refractivity (Wildman–Crippen MR) is 82.7 cm³/mol. The van der Waals surface area contributed by atoms with E-state index in [-0.39, 0.29) is 0 Å². The van der Waals surface area contributed by atoms with Gasteiger partial charge in [-0.1, -0.05) is 54.1 Å². The quantitative estimate of drug-likeness (QED) is 0.909. The van der Waals surface area contributed by atoms with Crippen LogP contribution in [0, 0.1) is 23.7 Å². The Kier molecular flexibility index (Phi) is 3.53. The summed E-state index contributed by atoms with van der Waals surface area (Å²) in [5, 5.41) is 20.5. The lowest BCUT2D eigenvalue weighted by Gasteiger charge is -2.36. The Morgan fingerprint density at radius 3 is 2.43 bits per heavy atom. The average molecular weight is 277 g/mol. The second-order valence-corrected chi connectivity index (χ2v) is 6.03. The van der Waals surface area contributed by atoms with Gasteiger partial charge < -0.3 is 5.11 Å². The van der Waals surface area contributed by atoms with Crippen LogP contribution in [0.15, 0.2) is 48.5 Å². The monoisotopic (exact) mass is 277 g/mol.